The van der Waals surface area contributed by atoms with Gasteiger partial charge in [-0.1, -0.05) is 27.7 Å². The van der Waals surface area contributed by atoms with Gasteiger partial charge in [0.1, 0.15) is 5.82 Å². The highest BCUT2D eigenvalue weighted by Gasteiger charge is 2.15. The molecule has 0 saturated carbocycles. The van der Waals surface area contributed by atoms with Crippen molar-refractivity contribution in [1.82, 2.24) is 4.98 Å². The van der Waals surface area contributed by atoms with E-state index in [9.17, 15) is 0 Å². The van der Waals surface area contributed by atoms with Crippen molar-refractivity contribution in [2.75, 3.05) is 24.7 Å². The van der Waals surface area contributed by atoms with Crippen LogP contribution in [0.2, 0.25) is 0 Å². The molecule has 0 unspecified atom stereocenters. The summed E-state index contributed by atoms with van der Waals surface area (Å²) in [4.78, 5) is 6.64. The number of nitrogens with two attached hydrogens (primary N) is 1. The van der Waals surface area contributed by atoms with Crippen LogP contribution in [0.3, 0.4) is 0 Å². The predicted molar refractivity (Wildman–Crippen MR) is 71.2 cm³/mol. The number of nitrogens with zero attached hydrogens (tertiary/aromatic N) is 2. The second kappa shape index (κ2) is 4.73. The third kappa shape index (κ3) is 2.46. The van der Waals surface area contributed by atoms with E-state index in [-0.39, 0.29) is 0 Å². The summed E-state index contributed by atoms with van der Waals surface area (Å²) in [5.41, 5.74) is 9.24. The third-order valence-corrected chi connectivity index (χ3v) is 2.73. The third-order valence-electron chi connectivity index (χ3n) is 2.73. The summed E-state index contributed by atoms with van der Waals surface area (Å²) in [6.07, 6.45) is 0. The van der Waals surface area contributed by atoms with Gasteiger partial charge in [0.15, 0.2) is 0 Å². The molecule has 0 spiro atoms. The molecular formula is C13H23N3. The molecule has 1 aromatic heterocycles. The zero-order chi connectivity index (χ0) is 12.5. The first-order chi connectivity index (χ1) is 7.34. The van der Waals surface area contributed by atoms with Crippen LogP contribution < -0.4 is 10.6 Å². The molecule has 2 N–H and O–H groups in total. The first-order valence-electron chi connectivity index (χ1n) is 5.82. The minimum Gasteiger partial charge on any atom is -0.397 e. The molecule has 1 heterocycles. The summed E-state index contributed by atoms with van der Waals surface area (Å²) in [6, 6.07) is 2.09. The van der Waals surface area contributed by atoms with E-state index in [1.807, 2.05) is 19.0 Å². The Balaban J connectivity index is 3.39. The summed E-state index contributed by atoms with van der Waals surface area (Å²) in [5, 5.41) is 0. The van der Waals surface area contributed by atoms with E-state index in [1.165, 1.54) is 5.56 Å². The smallest absolute Gasteiger partial charge is 0.128 e. The molecule has 0 saturated heterocycles. The highest BCUT2D eigenvalue weighted by atomic mass is 15.1. The van der Waals surface area contributed by atoms with E-state index in [2.05, 4.69) is 38.7 Å². The van der Waals surface area contributed by atoms with E-state index in [1.54, 1.807) is 0 Å². The van der Waals surface area contributed by atoms with E-state index < -0.39 is 0 Å². The summed E-state index contributed by atoms with van der Waals surface area (Å²) in [7, 11) is 4.01. The molecule has 1 rings (SSSR count). The lowest BCUT2D eigenvalue weighted by molar-refractivity contribution is 0.801. The van der Waals surface area contributed by atoms with Crippen LogP contribution in [0.25, 0.3) is 0 Å². The number of anilines is 2. The minimum absolute atomic E-state index is 0.359. The van der Waals surface area contributed by atoms with Gasteiger partial charge in [0.25, 0.3) is 0 Å². The maximum atomic E-state index is 6.17. The van der Waals surface area contributed by atoms with Crippen molar-refractivity contribution >= 4 is 11.5 Å². The normalized spacial score (nSPS) is 11.2. The number of rotatable bonds is 3. The Bertz CT molecular complexity index is 338. The van der Waals surface area contributed by atoms with Gasteiger partial charge in [0.2, 0.25) is 0 Å². The SMILES string of the molecule is CC(C)c1cc(N(C)C)nc(C(C)C)c1N. The van der Waals surface area contributed by atoms with Crippen molar-refractivity contribution in [3.05, 3.63) is 17.3 Å². The Morgan fingerprint density at radius 2 is 1.69 bits per heavy atom. The van der Waals surface area contributed by atoms with Crippen molar-refractivity contribution in [3.8, 4) is 0 Å². The molecular weight excluding hydrogens is 198 g/mol. The quantitative estimate of drug-likeness (QED) is 0.853. The summed E-state index contributed by atoms with van der Waals surface area (Å²) < 4.78 is 0. The lowest BCUT2D eigenvalue weighted by Crippen LogP contribution is -2.15. The Hall–Kier alpha value is -1.25. The average Bonchev–Trinajstić information content (AvgIpc) is 2.16. The standard InChI is InChI=1S/C13H23N3/c1-8(2)10-7-11(16(5)6)15-13(9(3)4)12(10)14/h7-9H,14H2,1-6H3. The number of hydrogen-bond acceptors (Lipinski definition) is 3. The molecule has 3 heteroatoms. The van der Waals surface area contributed by atoms with Gasteiger partial charge in [0.05, 0.1) is 11.4 Å². The second-order valence-electron chi connectivity index (χ2n) is 5.07. The molecule has 0 aliphatic carbocycles. The summed E-state index contributed by atoms with van der Waals surface area (Å²) >= 11 is 0. The lowest BCUT2D eigenvalue weighted by Gasteiger charge is -2.20. The Morgan fingerprint density at radius 1 is 1.12 bits per heavy atom. The van der Waals surface area contributed by atoms with Gasteiger partial charge in [-0.05, 0) is 23.5 Å². The Labute approximate surface area is 98.7 Å². The first-order valence-corrected chi connectivity index (χ1v) is 5.82. The van der Waals surface area contributed by atoms with Gasteiger partial charge in [-0.15, -0.1) is 0 Å². The fourth-order valence-electron chi connectivity index (χ4n) is 1.73. The van der Waals surface area contributed by atoms with E-state index in [0.29, 0.717) is 11.8 Å². The van der Waals surface area contributed by atoms with Crippen molar-refractivity contribution < 1.29 is 0 Å². The molecule has 16 heavy (non-hydrogen) atoms. The number of aromatic nitrogens is 1. The van der Waals surface area contributed by atoms with Crippen LogP contribution in [0.5, 0.6) is 0 Å². The second-order valence-corrected chi connectivity index (χ2v) is 5.07. The minimum atomic E-state index is 0.359. The van der Waals surface area contributed by atoms with E-state index >= 15 is 0 Å². The predicted octanol–water partition coefficient (Wildman–Crippen LogP) is 2.98. The van der Waals surface area contributed by atoms with Gasteiger partial charge in [-0.25, -0.2) is 4.98 Å². The first kappa shape index (κ1) is 12.8. The zero-order valence-electron chi connectivity index (χ0n) is 11.2. The fourth-order valence-corrected chi connectivity index (χ4v) is 1.73. The molecule has 0 aliphatic heterocycles. The van der Waals surface area contributed by atoms with E-state index in [0.717, 1.165) is 17.2 Å². The summed E-state index contributed by atoms with van der Waals surface area (Å²) in [5.74, 6) is 1.78. The fraction of sp³-hybridized carbons (Fsp3) is 0.615. The molecule has 0 aliphatic rings. The topological polar surface area (TPSA) is 42.2 Å². The maximum absolute atomic E-state index is 6.17. The number of nitrogen functional groups attached to an aromatic ring is 1. The maximum Gasteiger partial charge on any atom is 0.128 e. The largest absolute Gasteiger partial charge is 0.397 e. The van der Waals surface area contributed by atoms with Gasteiger partial charge in [-0.3, -0.25) is 0 Å². The molecule has 0 bridgehead atoms. The van der Waals surface area contributed by atoms with Crippen molar-refractivity contribution in [1.29, 1.82) is 0 Å². The van der Waals surface area contributed by atoms with Crippen LogP contribution in [0, 0.1) is 0 Å². The highest BCUT2D eigenvalue weighted by molar-refractivity contribution is 5.59. The monoisotopic (exact) mass is 221 g/mol. The highest BCUT2D eigenvalue weighted by Crippen LogP contribution is 2.31. The van der Waals surface area contributed by atoms with Crippen molar-refractivity contribution in [2.45, 2.75) is 39.5 Å². The van der Waals surface area contributed by atoms with Gasteiger partial charge < -0.3 is 10.6 Å². The van der Waals surface area contributed by atoms with Crippen LogP contribution in [-0.4, -0.2) is 19.1 Å². The molecule has 0 fully saturated rings. The van der Waals surface area contributed by atoms with Gasteiger partial charge in [0, 0.05) is 14.1 Å². The molecule has 0 amide bonds. The van der Waals surface area contributed by atoms with E-state index in [4.69, 9.17) is 5.73 Å². The number of hydrogen-bond donors (Lipinski definition) is 1. The van der Waals surface area contributed by atoms with Crippen LogP contribution in [0.4, 0.5) is 11.5 Å². The number of pyridine rings is 1. The van der Waals surface area contributed by atoms with Crippen molar-refractivity contribution in [2.24, 2.45) is 0 Å². The summed E-state index contributed by atoms with van der Waals surface area (Å²) in [6.45, 7) is 8.58. The molecule has 0 aromatic carbocycles. The molecule has 3 nitrogen and oxygen atoms in total. The zero-order valence-corrected chi connectivity index (χ0v) is 11.2. The molecule has 0 atom stereocenters. The molecule has 0 radical (unpaired) electrons. The van der Waals surface area contributed by atoms with Gasteiger partial charge >= 0.3 is 0 Å². The Morgan fingerprint density at radius 3 is 2.06 bits per heavy atom. The van der Waals surface area contributed by atoms with Crippen LogP contribution in [0.15, 0.2) is 6.07 Å². The van der Waals surface area contributed by atoms with Crippen LogP contribution >= 0.6 is 0 Å². The van der Waals surface area contributed by atoms with Crippen LogP contribution in [-0.2, 0) is 0 Å². The van der Waals surface area contributed by atoms with Crippen molar-refractivity contribution in [3.63, 3.8) is 0 Å². The Kier molecular flexibility index (Phi) is 3.79. The van der Waals surface area contributed by atoms with Gasteiger partial charge in [-0.2, -0.15) is 0 Å². The van der Waals surface area contributed by atoms with Crippen LogP contribution in [0.1, 0.15) is 50.8 Å². The average molecular weight is 221 g/mol. The molecule has 90 valence electrons. The molecule has 1 aromatic rings. The lowest BCUT2D eigenvalue weighted by atomic mass is 9.97.